The number of sulfonamides is 1. The third kappa shape index (κ3) is 5.16. The maximum Gasteiger partial charge on any atom is 0.333 e. The lowest BCUT2D eigenvalue weighted by Crippen LogP contribution is -2.36. The molecule has 4 amide bonds. The van der Waals surface area contributed by atoms with Gasteiger partial charge in [-0.3, -0.25) is 14.3 Å². The zero-order valence-electron chi connectivity index (χ0n) is 20.1. The van der Waals surface area contributed by atoms with E-state index in [0.29, 0.717) is 0 Å². The van der Waals surface area contributed by atoms with Crippen molar-refractivity contribution in [3.63, 3.8) is 0 Å². The molecule has 11 nitrogen and oxygen atoms in total. The van der Waals surface area contributed by atoms with Crippen molar-refractivity contribution >= 4 is 33.6 Å². The third-order valence-corrected chi connectivity index (χ3v) is 7.66. The maximum atomic E-state index is 12.9. The quantitative estimate of drug-likeness (QED) is 0.518. The number of aromatic nitrogens is 2. The molecule has 0 saturated carbocycles. The van der Waals surface area contributed by atoms with E-state index < -0.39 is 27.0 Å². The second-order valence-corrected chi connectivity index (χ2v) is 10.6. The summed E-state index contributed by atoms with van der Waals surface area (Å²) in [5.74, 6) is -0.679. The summed E-state index contributed by atoms with van der Waals surface area (Å²) in [6, 6.07) is 2.50. The number of carbonyl (C=O) groups excluding carboxylic acids is 3. The first kappa shape index (κ1) is 24.7. The van der Waals surface area contributed by atoms with Gasteiger partial charge in [0.1, 0.15) is 5.69 Å². The second-order valence-electron chi connectivity index (χ2n) is 8.99. The Morgan fingerprint density at radius 3 is 2.29 bits per heavy atom. The van der Waals surface area contributed by atoms with E-state index in [2.05, 4.69) is 21.8 Å². The number of hydrogen-bond acceptors (Lipinski definition) is 6. The smallest absolute Gasteiger partial charge is 0.333 e. The molecule has 0 fully saturated rings. The maximum absolute atomic E-state index is 12.9. The minimum absolute atomic E-state index is 0.0369. The lowest BCUT2D eigenvalue weighted by molar-refractivity contribution is -0.119. The van der Waals surface area contributed by atoms with Gasteiger partial charge in [0.2, 0.25) is 5.91 Å². The lowest BCUT2D eigenvalue weighted by Gasteiger charge is -2.16. The van der Waals surface area contributed by atoms with Gasteiger partial charge in [-0.15, -0.1) is 0 Å². The van der Waals surface area contributed by atoms with Crippen molar-refractivity contribution in [1.29, 1.82) is 0 Å². The predicted octanol–water partition coefficient (Wildman–Crippen LogP) is 1.12. The molecule has 3 N–H and O–H groups in total. The Morgan fingerprint density at radius 2 is 1.69 bits per heavy atom. The minimum atomic E-state index is -4.32. The van der Waals surface area contributed by atoms with Gasteiger partial charge < -0.3 is 15.5 Å². The summed E-state index contributed by atoms with van der Waals surface area (Å²) in [5.41, 5.74) is 5.39. The van der Waals surface area contributed by atoms with Crippen LogP contribution in [0.4, 0.5) is 10.5 Å². The monoisotopic (exact) mass is 502 g/mol. The molecule has 1 aromatic heterocycles. The number of nitrogens with one attached hydrogen (secondary N) is 3. The van der Waals surface area contributed by atoms with E-state index in [4.69, 9.17) is 0 Å². The first-order chi connectivity index (χ1) is 16.6. The van der Waals surface area contributed by atoms with Crippen molar-refractivity contribution in [2.24, 2.45) is 7.05 Å². The molecule has 4 rings (SSSR count). The van der Waals surface area contributed by atoms with Crippen molar-refractivity contribution < 1.29 is 22.8 Å². The molecule has 12 heteroatoms. The number of urea groups is 1. The molecule has 0 saturated heterocycles. The number of hydrogen-bond donors (Lipinski definition) is 3. The average Bonchev–Trinajstić information content (AvgIpc) is 3.51. The number of benzene rings is 1. The number of carbonyl (C=O) groups is 3. The van der Waals surface area contributed by atoms with Gasteiger partial charge in [-0.1, -0.05) is 6.07 Å². The highest BCUT2D eigenvalue weighted by molar-refractivity contribution is 7.90. The predicted molar refractivity (Wildman–Crippen MR) is 129 cm³/mol. The minimum Gasteiger partial charge on any atom is -0.355 e. The number of fused-ring (bicyclic) bond motifs is 2. The molecule has 0 unspecified atom stereocenters. The van der Waals surface area contributed by atoms with Gasteiger partial charge in [0, 0.05) is 45.9 Å². The van der Waals surface area contributed by atoms with Crippen molar-refractivity contribution in [2.45, 2.75) is 50.5 Å². The van der Waals surface area contributed by atoms with Gasteiger partial charge in [-0.05, 0) is 60.8 Å². The molecule has 2 aromatic rings. The molecule has 1 aromatic carbocycles. The van der Waals surface area contributed by atoms with E-state index in [0.717, 1.165) is 66.1 Å². The topological polar surface area (TPSA) is 142 Å². The highest BCUT2D eigenvalue weighted by Crippen LogP contribution is 2.38. The molecule has 0 bridgehead atoms. The molecule has 1 heterocycles. The van der Waals surface area contributed by atoms with E-state index in [1.54, 1.807) is 0 Å². The van der Waals surface area contributed by atoms with E-state index >= 15 is 0 Å². The summed E-state index contributed by atoms with van der Waals surface area (Å²) >= 11 is 0. The Labute approximate surface area is 204 Å². The SMILES string of the molecule is CC(=O)NCCN(C)C(=O)c1cc(S(=O)(=O)NC(=O)Nc2c3c(cc4c2CCC4)CCC3)nn1C. The van der Waals surface area contributed by atoms with E-state index in [-0.39, 0.29) is 24.7 Å². The summed E-state index contributed by atoms with van der Waals surface area (Å²) in [4.78, 5) is 37.8. The molecule has 2 aliphatic rings. The Hall–Kier alpha value is -3.41. The van der Waals surface area contributed by atoms with Crippen LogP contribution in [-0.2, 0) is 47.5 Å². The van der Waals surface area contributed by atoms with Gasteiger partial charge in [0.25, 0.3) is 15.9 Å². The van der Waals surface area contributed by atoms with Crippen LogP contribution in [0.1, 0.15) is 52.5 Å². The van der Waals surface area contributed by atoms with Crippen molar-refractivity contribution in [2.75, 3.05) is 25.5 Å². The Balaban J connectivity index is 1.47. The Kier molecular flexibility index (Phi) is 6.84. The first-order valence-corrected chi connectivity index (χ1v) is 13.1. The van der Waals surface area contributed by atoms with Gasteiger partial charge in [-0.25, -0.2) is 9.52 Å². The molecule has 0 radical (unpaired) electrons. The number of nitrogens with zero attached hydrogens (tertiary/aromatic N) is 3. The average molecular weight is 503 g/mol. The molecule has 0 spiro atoms. The first-order valence-electron chi connectivity index (χ1n) is 11.6. The number of amides is 4. The zero-order chi connectivity index (χ0) is 25.3. The Bertz CT molecular complexity index is 1270. The molecular formula is C23H30N6O5S. The molecule has 188 valence electrons. The van der Waals surface area contributed by atoms with Crippen molar-refractivity contribution in [1.82, 2.24) is 24.7 Å². The van der Waals surface area contributed by atoms with Crippen LogP contribution < -0.4 is 15.4 Å². The van der Waals surface area contributed by atoms with Crippen LogP contribution >= 0.6 is 0 Å². The van der Waals surface area contributed by atoms with Crippen LogP contribution in [0.15, 0.2) is 17.2 Å². The van der Waals surface area contributed by atoms with E-state index in [1.807, 2.05) is 4.72 Å². The van der Waals surface area contributed by atoms with Crippen molar-refractivity contribution in [3.8, 4) is 0 Å². The standard InChI is InChI=1S/C23H30N6O5S/c1-14(30)24-10-11-28(2)22(31)19-13-20(26-29(19)3)35(33,34)27-23(32)25-21-17-8-4-6-15(17)12-16-7-5-9-18(16)21/h12-13H,4-11H2,1-3H3,(H,24,30)(H2,25,27,32). The van der Waals surface area contributed by atoms with Crippen molar-refractivity contribution in [3.05, 3.63) is 40.1 Å². The van der Waals surface area contributed by atoms with Crippen LogP contribution in [0.25, 0.3) is 0 Å². The number of likely N-dealkylation sites (N-methyl/N-ethyl adjacent to an activating group) is 1. The van der Waals surface area contributed by atoms with Gasteiger partial charge >= 0.3 is 6.03 Å². The second kappa shape index (κ2) is 9.68. The molecule has 0 aliphatic heterocycles. The number of anilines is 1. The normalized spacial score (nSPS) is 14.3. The summed E-state index contributed by atoms with van der Waals surface area (Å²) < 4.78 is 29.0. The summed E-state index contributed by atoms with van der Waals surface area (Å²) in [6.45, 7) is 1.87. The van der Waals surface area contributed by atoms with Gasteiger partial charge in [0.05, 0.1) is 0 Å². The van der Waals surface area contributed by atoms with E-state index in [1.165, 1.54) is 37.0 Å². The van der Waals surface area contributed by atoms with Crippen LogP contribution in [-0.4, -0.2) is 61.1 Å². The fraction of sp³-hybridized carbons (Fsp3) is 0.478. The molecule has 35 heavy (non-hydrogen) atoms. The van der Waals surface area contributed by atoms with Crippen LogP contribution in [0.2, 0.25) is 0 Å². The fourth-order valence-corrected chi connectivity index (χ4v) is 5.65. The summed E-state index contributed by atoms with van der Waals surface area (Å²) in [6.07, 6.45) is 5.65. The number of aryl methyl sites for hydroxylation is 3. The molecule has 2 aliphatic carbocycles. The van der Waals surface area contributed by atoms with Gasteiger partial charge in [0.15, 0.2) is 5.03 Å². The number of rotatable bonds is 7. The van der Waals surface area contributed by atoms with E-state index in [9.17, 15) is 22.8 Å². The molecule has 0 atom stereocenters. The van der Waals surface area contributed by atoms with Crippen LogP contribution in [0.5, 0.6) is 0 Å². The zero-order valence-corrected chi connectivity index (χ0v) is 20.9. The summed E-state index contributed by atoms with van der Waals surface area (Å²) in [5, 5.41) is 8.89. The fourth-order valence-electron chi connectivity index (χ4n) is 4.75. The van der Waals surface area contributed by atoms with Crippen LogP contribution in [0, 0.1) is 0 Å². The highest BCUT2D eigenvalue weighted by atomic mass is 32.2. The summed E-state index contributed by atoms with van der Waals surface area (Å²) in [7, 11) is -1.33. The lowest BCUT2D eigenvalue weighted by atomic mass is 9.99. The Morgan fingerprint density at radius 1 is 1.06 bits per heavy atom. The van der Waals surface area contributed by atoms with Gasteiger partial charge in [-0.2, -0.15) is 13.5 Å². The highest BCUT2D eigenvalue weighted by Gasteiger charge is 2.28. The third-order valence-electron chi connectivity index (χ3n) is 6.46. The largest absolute Gasteiger partial charge is 0.355 e. The van der Waals surface area contributed by atoms with Crippen LogP contribution in [0.3, 0.4) is 0 Å². The molecular weight excluding hydrogens is 472 g/mol.